The molecule has 1 heterocycles. The molecule has 0 saturated heterocycles. The van der Waals surface area contributed by atoms with Gasteiger partial charge in [-0.05, 0) is 19.4 Å². The molecule has 1 unspecified atom stereocenters. The van der Waals surface area contributed by atoms with Crippen LogP contribution in [-0.4, -0.2) is 58.7 Å². The first-order valence-electron chi connectivity index (χ1n) is 7.89. The smallest absolute Gasteiger partial charge is 0.317 e. The van der Waals surface area contributed by atoms with Crippen molar-refractivity contribution in [1.29, 1.82) is 0 Å². The van der Waals surface area contributed by atoms with Crippen molar-refractivity contribution in [2.24, 2.45) is 0 Å². The quantitative estimate of drug-likeness (QED) is 0.666. The summed E-state index contributed by atoms with van der Waals surface area (Å²) < 4.78 is 0. The number of nitrogens with one attached hydrogen (secondary N) is 2. The summed E-state index contributed by atoms with van der Waals surface area (Å²) in [6, 6.07) is 0.201. The molecule has 1 saturated carbocycles. The van der Waals surface area contributed by atoms with E-state index in [1.54, 1.807) is 17.5 Å². The van der Waals surface area contributed by atoms with Crippen LogP contribution in [0.1, 0.15) is 37.6 Å². The number of aromatic nitrogens is 1. The summed E-state index contributed by atoms with van der Waals surface area (Å²) in [6.45, 7) is 5.31. The van der Waals surface area contributed by atoms with Crippen LogP contribution in [0.3, 0.4) is 0 Å². The van der Waals surface area contributed by atoms with Gasteiger partial charge < -0.3 is 15.7 Å². The SMILES string of the molecule is CCN(CC(=O)O)C1CC(NC(=O)NCC(C)c2nccs2)C1. The molecule has 1 aromatic rings. The van der Waals surface area contributed by atoms with Gasteiger partial charge >= 0.3 is 12.0 Å². The molecular formula is C15H24N4O3S. The first-order valence-corrected chi connectivity index (χ1v) is 8.77. The predicted molar refractivity (Wildman–Crippen MR) is 88.8 cm³/mol. The number of urea groups is 1. The molecule has 1 fully saturated rings. The third kappa shape index (κ3) is 5.18. The normalized spacial score (nSPS) is 21.5. The molecule has 0 bridgehead atoms. The fourth-order valence-electron chi connectivity index (χ4n) is 2.72. The second kappa shape index (κ2) is 8.26. The Morgan fingerprint density at radius 1 is 1.52 bits per heavy atom. The minimum Gasteiger partial charge on any atom is -0.480 e. The Morgan fingerprint density at radius 2 is 2.26 bits per heavy atom. The molecule has 1 aromatic heterocycles. The summed E-state index contributed by atoms with van der Waals surface area (Å²) in [7, 11) is 0. The van der Waals surface area contributed by atoms with Crippen LogP contribution in [0.25, 0.3) is 0 Å². The van der Waals surface area contributed by atoms with Crippen LogP contribution in [-0.2, 0) is 4.79 Å². The molecule has 1 aliphatic carbocycles. The average Bonchev–Trinajstić information content (AvgIpc) is 3.00. The number of amides is 2. The second-order valence-electron chi connectivity index (χ2n) is 5.90. The number of carboxylic acid groups (broad SMARTS) is 1. The van der Waals surface area contributed by atoms with Crippen LogP contribution >= 0.6 is 11.3 Å². The summed E-state index contributed by atoms with van der Waals surface area (Å²) >= 11 is 1.59. The van der Waals surface area contributed by atoms with Crippen LogP contribution in [0, 0.1) is 0 Å². The molecule has 0 aromatic carbocycles. The Labute approximate surface area is 140 Å². The lowest BCUT2D eigenvalue weighted by atomic mass is 9.85. The van der Waals surface area contributed by atoms with Crippen LogP contribution in [0.5, 0.6) is 0 Å². The number of hydrogen-bond acceptors (Lipinski definition) is 5. The number of likely N-dealkylation sites (N-methyl/N-ethyl adjacent to an activating group) is 1. The van der Waals surface area contributed by atoms with Gasteiger partial charge in [-0.25, -0.2) is 9.78 Å². The number of nitrogens with zero attached hydrogens (tertiary/aromatic N) is 2. The number of thiazole rings is 1. The standard InChI is InChI=1S/C15H24N4O3S/c1-3-19(9-13(20)21)12-6-11(7-12)18-15(22)17-8-10(2)14-16-4-5-23-14/h4-5,10-12H,3,6-9H2,1-2H3,(H,20,21)(H2,17,18,22). The Bertz CT molecular complexity index is 517. The zero-order valence-electron chi connectivity index (χ0n) is 13.5. The minimum atomic E-state index is -0.808. The zero-order chi connectivity index (χ0) is 16.8. The molecule has 2 amide bonds. The van der Waals surface area contributed by atoms with Gasteiger partial charge in [-0.1, -0.05) is 13.8 Å². The lowest BCUT2D eigenvalue weighted by Crippen LogP contribution is -2.56. The summed E-state index contributed by atoms with van der Waals surface area (Å²) in [5.41, 5.74) is 0. The van der Waals surface area contributed by atoms with Crippen LogP contribution in [0.2, 0.25) is 0 Å². The van der Waals surface area contributed by atoms with E-state index < -0.39 is 5.97 Å². The van der Waals surface area contributed by atoms with E-state index in [4.69, 9.17) is 5.11 Å². The largest absolute Gasteiger partial charge is 0.480 e. The van der Waals surface area contributed by atoms with Gasteiger partial charge in [-0.2, -0.15) is 0 Å². The number of rotatable bonds is 8. The molecule has 3 N–H and O–H groups in total. The van der Waals surface area contributed by atoms with Gasteiger partial charge in [0.25, 0.3) is 0 Å². The summed E-state index contributed by atoms with van der Waals surface area (Å²) in [5, 5.41) is 17.6. The fourth-order valence-corrected chi connectivity index (χ4v) is 3.42. The van der Waals surface area contributed by atoms with Crippen LogP contribution in [0.4, 0.5) is 4.79 Å². The number of carbonyl (C=O) groups is 2. The van der Waals surface area contributed by atoms with Gasteiger partial charge in [0.2, 0.25) is 0 Å². The average molecular weight is 340 g/mol. The third-order valence-corrected chi connectivity index (χ3v) is 5.16. The zero-order valence-corrected chi connectivity index (χ0v) is 14.3. The molecular weight excluding hydrogens is 316 g/mol. The summed E-state index contributed by atoms with van der Waals surface area (Å²) in [4.78, 5) is 28.9. The lowest BCUT2D eigenvalue weighted by Gasteiger charge is -2.42. The molecule has 128 valence electrons. The van der Waals surface area contributed by atoms with Crippen molar-refractivity contribution in [2.75, 3.05) is 19.6 Å². The second-order valence-corrected chi connectivity index (χ2v) is 6.83. The molecule has 23 heavy (non-hydrogen) atoms. The first kappa shape index (κ1) is 17.7. The topological polar surface area (TPSA) is 94.6 Å². The van der Waals surface area contributed by atoms with Gasteiger partial charge in [0.1, 0.15) is 0 Å². The Kier molecular flexibility index (Phi) is 6.35. The Morgan fingerprint density at radius 3 is 2.83 bits per heavy atom. The highest BCUT2D eigenvalue weighted by molar-refractivity contribution is 7.09. The molecule has 0 aliphatic heterocycles. The van der Waals surface area contributed by atoms with Crippen molar-refractivity contribution < 1.29 is 14.7 Å². The van der Waals surface area contributed by atoms with Crippen molar-refractivity contribution in [3.63, 3.8) is 0 Å². The molecule has 7 nitrogen and oxygen atoms in total. The molecule has 0 spiro atoms. The van der Waals surface area contributed by atoms with E-state index in [0.29, 0.717) is 13.1 Å². The third-order valence-electron chi connectivity index (χ3n) is 4.15. The van der Waals surface area contributed by atoms with Crippen molar-refractivity contribution in [3.8, 4) is 0 Å². The molecule has 8 heteroatoms. The molecule has 1 atom stereocenters. The highest BCUT2D eigenvalue weighted by Gasteiger charge is 2.34. The lowest BCUT2D eigenvalue weighted by molar-refractivity contribution is -0.139. The van der Waals surface area contributed by atoms with E-state index in [0.717, 1.165) is 17.8 Å². The molecule has 0 radical (unpaired) electrons. The van der Waals surface area contributed by atoms with E-state index in [2.05, 4.69) is 15.6 Å². The Hall–Kier alpha value is -1.67. The number of carboxylic acids is 1. The minimum absolute atomic E-state index is 0.0609. The molecule has 2 rings (SSSR count). The number of hydrogen-bond donors (Lipinski definition) is 3. The Balaban J connectivity index is 1.65. The van der Waals surface area contributed by atoms with E-state index in [1.165, 1.54) is 0 Å². The highest BCUT2D eigenvalue weighted by atomic mass is 32.1. The highest BCUT2D eigenvalue weighted by Crippen LogP contribution is 2.25. The summed E-state index contributed by atoms with van der Waals surface area (Å²) in [5.74, 6) is -0.613. The van der Waals surface area contributed by atoms with E-state index in [9.17, 15) is 9.59 Å². The van der Waals surface area contributed by atoms with E-state index >= 15 is 0 Å². The van der Waals surface area contributed by atoms with Gasteiger partial charge in [0, 0.05) is 36.1 Å². The maximum atomic E-state index is 11.9. The van der Waals surface area contributed by atoms with Gasteiger partial charge in [-0.3, -0.25) is 9.69 Å². The van der Waals surface area contributed by atoms with Gasteiger partial charge in [0.15, 0.2) is 0 Å². The van der Waals surface area contributed by atoms with Crippen LogP contribution in [0.15, 0.2) is 11.6 Å². The van der Waals surface area contributed by atoms with Crippen molar-refractivity contribution >= 4 is 23.3 Å². The monoisotopic (exact) mass is 340 g/mol. The van der Waals surface area contributed by atoms with Gasteiger partial charge in [-0.15, -0.1) is 11.3 Å². The van der Waals surface area contributed by atoms with E-state index in [1.807, 2.05) is 24.1 Å². The van der Waals surface area contributed by atoms with E-state index in [-0.39, 0.29) is 30.6 Å². The number of aliphatic carboxylic acids is 1. The predicted octanol–water partition coefficient (Wildman–Crippen LogP) is 1.48. The van der Waals surface area contributed by atoms with Crippen molar-refractivity contribution in [2.45, 2.75) is 44.7 Å². The van der Waals surface area contributed by atoms with Crippen molar-refractivity contribution in [3.05, 3.63) is 16.6 Å². The maximum absolute atomic E-state index is 11.9. The first-order chi connectivity index (χ1) is 11.0. The molecule has 1 aliphatic rings. The fraction of sp³-hybridized carbons (Fsp3) is 0.667. The summed E-state index contributed by atoms with van der Waals surface area (Å²) in [6.07, 6.45) is 3.37. The maximum Gasteiger partial charge on any atom is 0.317 e. The van der Waals surface area contributed by atoms with Gasteiger partial charge in [0.05, 0.1) is 11.6 Å². The van der Waals surface area contributed by atoms with Crippen molar-refractivity contribution in [1.82, 2.24) is 20.5 Å². The van der Waals surface area contributed by atoms with Crippen LogP contribution < -0.4 is 10.6 Å². The number of carbonyl (C=O) groups excluding carboxylic acids is 1.